The molecule has 2 heterocycles. The van der Waals surface area contributed by atoms with Gasteiger partial charge in [0.15, 0.2) is 0 Å². The van der Waals surface area contributed by atoms with Gasteiger partial charge in [-0.1, -0.05) is 41.4 Å². The Morgan fingerprint density at radius 3 is 2.50 bits per heavy atom. The Morgan fingerprint density at radius 1 is 1.21 bits per heavy atom. The molecule has 0 atom stereocenters. The SMILES string of the molecule is Cc1ccc(CCC(=O)NCCOC(=O)C2CCN(c3ncc(C(F)(F)F)cc3Cl)CC2)cc1. The lowest BCUT2D eigenvalue weighted by Crippen LogP contribution is -2.38. The molecule has 0 bridgehead atoms. The number of nitrogens with zero attached hydrogens (tertiary/aromatic N) is 2. The Labute approximate surface area is 201 Å². The van der Waals surface area contributed by atoms with Crippen LogP contribution in [-0.2, 0) is 26.9 Å². The fraction of sp³-hybridized carbons (Fsp3) is 0.458. The number of benzene rings is 1. The molecule has 34 heavy (non-hydrogen) atoms. The second kappa shape index (κ2) is 11.6. The average molecular weight is 498 g/mol. The summed E-state index contributed by atoms with van der Waals surface area (Å²) in [6.45, 7) is 3.18. The van der Waals surface area contributed by atoms with Crippen LogP contribution in [0, 0.1) is 12.8 Å². The van der Waals surface area contributed by atoms with E-state index in [2.05, 4.69) is 10.3 Å². The largest absolute Gasteiger partial charge is 0.464 e. The van der Waals surface area contributed by atoms with Crippen molar-refractivity contribution in [2.45, 2.75) is 38.8 Å². The number of aromatic nitrogens is 1. The maximum Gasteiger partial charge on any atom is 0.417 e. The molecule has 1 aromatic heterocycles. The molecule has 0 saturated carbocycles. The van der Waals surface area contributed by atoms with E-state index < -0.39 is 11.7 Å². The molecular formula is C24H27ClF3N3O3. The van der Waals surface area contributed by atoms with Crippen LogP contribution in [0.25, 0.3) is 0 Å². The highest BCUT2D eigenvalue weighted by atomic mass is 35.5. The van der Waals surface area contributed by atoms with E-state index in [-0.39, 0.29) is 41.8 Å². The highest BCUT2D eigenvalue weighted by Gasteiger charge is 2.33. The number of alkyl halides is 3. The maximum absolute atomic E-state index is 12.8. The van der Waals surface area contributed by atoms with Crippen molar-refractivity contribution in [3.05, 3.63) is 58.2 Å². The van der Waals surface area contributed by atoms with E-state index in [4.69, 9.17) is 16.3 Å². The third kappa shape index (κ3) is 7.35. The number of nitrogens with one attached hydrogen (secondary N) is 1. The lowest BCUT2D eigenvalue weighted by atomic mass is 9.97. The summed E-state index contributed by atoms with van der Waals surface area (Å²) in [5.41, 5.74) is 1.36. The first-order valence-corrected chi connectivity index (χ1v) is 11.5. The number of anilines is 1. The Hall–Kier alpha value is -2.81. The second-order valence-corrected chi connectivity index (χ2v) is 8.70. The van der Waals surface area contributed by atoms with Gasteiger partial charge in [0.05, 0.1) is 23.0 Å². The van der Waals surface area contributed by atoms with Crippen LogP contribution in [-0.4, -0.2) is 43.1 Å². The lowest BCUT2D eigenvalue weighted by molar-refractivity contribution is -0.149. The zero-order valence-corrected chi connectivity index (χ0v) is 19.6. The van der Waals surface area contributed by atoms with Crippen LogP contribution in [0.4, 0.5) is 19.0 Å². The summed E-state index contributed by atoms with van der Waals surface area (Å²) in [4.78, 5) is 29.9. The molecule has 6 nitrogen and oxygen atoms in total. The van der Waals surface area contributed by atoms with E-state index in [0.29, 0.717) is 38.8 Å². The van der Waals surface area contributed by atoms with E-state index in [1.165, 1.54) is 5.56 Å². The van der Waals surface area contributed by atoms with E-state index in [9.17, 15) is 22.8 Å². The first-order chi connectivity index (χ1) is 16.1. The Balaban J connectivity index is 1.35. The molecule has 0 radical (unpaired) electrons. The summed E-state index contributed by atoms with van der Waals surface area (Å²) < 4.78 is 43.7. The number of aryl methyl sites for hydroxylation is 2. The Bertz CT molecular complexity index is 991. The van der Waals surface area contributed by atoms with Crippen LogP contribution in [0.15, 0.2) is 36.5 Å². The zero-order chi connectivity index (χ0) is 24.7. The predicted octanol–water partition coefficient (Wildman–Crippen LogP) is 4.57. The van der Waals surface area contributed by atoms with Gasteiger partial charge in [-0.05, 0) is 37.8 Å². The van der Waals surface area contributed by atoms with Crippen LogP contribution in [0.2, 0.25) is 5.02 Å². The van der Waals surface area contributed by atoms with E-state index in [1.807, 2.05) is 31.2 Å². The molecule has 0 spiro atoms. The fourth-order valence-corrected chi connectivity index (χ4v) is 3.99. The molecule has 10 heteroatoms. The third-order valence-corrected chi connectivity index (χ3v) is 5.98. The predicted molar refractivity (Wildman–Crippen MR) is 123 cm³/mol. The minimum Gasteiger partial charge on any atom is -0.464 e. The Kier molecular flexibility index (Phi) is 8.77. The Morgan fingerprint density at radius 2 is 1.88 bits per heavy atom. The average Bonchev–Trinajstić information content (AvgIpc) is 2.81. The monoisotopic (exact) mass is 497 g/mol. The fourth-order valence-electron chi connectivity index (χ4n) is 3.71. The molecule has 1 aliphatic heterocycles. The molecule has 2 aromatic rings. The number of halogens is 4. The molecular weight excluding hydrogens is 471 g/mol. The van der Waals surface area contributed by atoms with Crippen LogP contribution in [0.3, 0.4) is 0 Å². The standard InChI is InChI=1S/C24H27ClF3N3O3/c1-16-2-4-17(5-3-16)6-7-21(32)29-10-13-34-23(33)18-8-11-31(12-9-18)22-20(25)14-19(15-30-22)24(26,27)28/h2-5,14-15,18H,6-13H2,1H3,(H,29,32). The summed E-state index contributed by atoms with van der Waals surface area (Å²) in [6.07, 6.45) is -1.80. The van der Waals surface area contributed by atoms with Gasteiger partial charge in [-0.15, -0.1) is 0 Å². The normalized spacial score (nSPS) is 14.7. The van der Waals surface area contributed by atoms with Gasteiger partial charge in [-0.3, -0.25) is 9.59 Å². The maximum atomic E-state index is 12.8. The number of esters is 1. The highest BCUT2D eigenvalue weighted by Crippen LogP contribution is 2.34. The van der Waals surface area contributed by atoms with Crippen molar-refractivity contribution in [2.75, 3.05) is 31.1 Å². The van der Waals surface area contributed by atoms with Gasteiger partial charge in [0.25, 0.3) is 0 Å². The van der Waals surface area contributed by atoms with Crippen molar-refractivity contribution in [1.29, 1.82) is 0 Å². The van der Waals surface area contributed by atoms with Gasteiger partial charge in [-0.2, -0.15) is 13.2 Å². The molecule has 0 aliphatic carbocycles. The summed E-state index contributed by atoms with van der Waals surface area (Å²) in [5, 5.41) is 2.67. The third-order valence-electron chi connectivity index (χ3n) is 5.71. The quantitative estimate of drug-likeness (QED) is 0.427. The van der Waals surface area contributed by atoms with Gasteiger partial charge < -0.3 is 15.0 Å². The van der Waals surface area contributed by atoms with Crippen LogP contribution < -0.4 is 10.2 Å². The number of carbonyl (C=O) groups is 2. The topological polar surface area (TPSA) is 71.5 Å². The van der Waals surface area contributed by atoms with E-state index in [1.54, 1.807) is 4.90 Å². The minimum absolute atomic E-state index is 0.0750. The minimum atomic E-state index is -4.51. The van der Waals surface area contributed by atoms with Crippen LogP contribution >= 0.6 is 11.6 Å². The van der Waals surface area contributed by atoms with Gasteiger partial charge >= 0.3 is 12.1 Å². The summed E-state index contributed by atoms with van der Waals surface area (Å²) in [7, 11) is 0. The molecule has 1 N–H and O–H groups in total. The van der Waals surface area contributed by atoms with Gasteiger partial charge in [0.2, 0.25) is 5.91 Å². The van der Waals surface area contributed by atoms with Gasteiger partial charge in [0, 0.05) is 25.7 Å². The van der Waals surface area contributed by atoms with Gasteiger partial charge in [0.1, 0.15) is 12.4 Å². The molecule has 0 unspecified atom stereocenters. The number of rotatable bonds is 8. The first kappa shape index (κ1) is 25.8. The molecule has 1 fully saturated rings. The van der Waals surface area contributed by atoms with Crippen molar-refractivity contribution in [2.24, 2.45) is 5.92 Å². The number of piperidine rings is 1. The number of amides is 1. The lowest BCUT2D eigenvalue weighted by Gasteiger charge is -2.32. The summed E-state index contributed by atoms with van der Waals surface area (Å²) in [5.74, 6) is -0.498. The van der Waals surface area contributed by atoms with Crippen molar-refractivity contribution >= 4 is 29.3 Å². The first-order valence-electron chi connectivity index (χ1n) is 11.1. The summed E-state index contributed by atoms with van der Waals surface area (Å²) >= 11 is 6.01. The number of hydrogen-bond acceptors (Lipinski definition) is 5. The number of carbonyl (C=O) groups excluding carboxylic acids is 2. The van der Waals surface area contributed by atoms with Crippen molar-refractivity contribution < 1.29 is 27.5 Å². The molecule has 3 rings (SSSR count). The van der Waals surface area contributed by atoms with Gasteiger partial charge in [-0.25, -0.2) is 4.98 Å². The molecule has 1 aliphatic rings. The van der Waals surface area contributed by atoms with Crippen LogP contribution in [0.1, 0.15) is 36.0 Å². The molecule has 1 aromatic carbocycles. The molecule has 184 valence electrons. The van der Waals surface area contributed by atoms with Crippen molar-refractivity contribution in [3.8, 4) is 0 Å². The van der Waals surface area contributed by atoms with Crippen molar-refractivity contribution in [1.82, 2.24) is 10.3 Å². The molecule has 1 amide bonds. The molecule has 1 saturated heterocycles. The number of pyridine rings is 1. The zero-order valence-electron chi connectivity index (χ0n) is 18.8. The van der Waals surface area contributed by atoms with Crippen molar-refractivity contribution in [3.63, 3.8) is 0 Å². The number of hydrogen-bond donors (Lipinski definition) is 1. The van der Waals surface area contributed by atoms with E-state index >= 15 is 0 Å². The van der Waals surface area contributed by atoms with Crippen LogP contribution in [0.5, 0.6) is 0 Å². The number of ether oxygens (including phenoxy) is 1. The van der Waals surface area contributed by atoms with E-state index in [0.717, 1.165) is 17.8 Å². The summed E-state index contributed by atoms with van der Waals surface area (Å²) in [6, 6.07) is 8.87. The highest BCUT2D eigenvalue weighted by molar-refractivity contribution is 6.33. The second-order valence-electron chi connectivity index (χ2n) is 8.29. The smallest absolute Gasteiger partial charge is 0.417 e.